The number of amides is 3. The Kier molecular flexibility index (Phi) is 13.9. The van der Waals surface area contributed by atoms with E-state index in [9.17, 15) is 19.2 Å². The number of pyridine rings is 2. The summed E-state index contributed by atoms with van der Waals surface area (Å²) in [5.74, 6) is 0.322. The van der Waals surface area contributed by atoms with Crippen LogP contribution in [0.2, 0.25) is 0 Å². The number of fused-ring (bicyclic) bond motifs is 2. The molecule has 340 valence electrons. The van der Waals surface area contributed by atoms with Crippen molar-refractivity contribution < 1.29 is 19.2 Å². The summed E-state index contributed by atoms with van der Waals surface area (Å²) >= 11 is 0. The number of nitrogens with zero attached hydrogens (tertiary/aromatic N) is 4. The van der Waals surface area contributed by atoms with Crippen molar-refractivity contribution in [3.8, 4) is 22.5 Å². The van der Waals surface area contributed by atoms with Crippen LogP contribution in [0.1, 0.15) is 49.9 Å². The molecule has 8 aromatic rings. The van der Waals surface area contributed by atoms with Gasteiger partial charge >= 0.3 is 0 Å². The molecule has 6 heterocycles. The zero-order chi connectivity index (χ0) is 45.6. The van der Waals surface area contributed by atoms with Gasteiger partial charge in [-0.3, -0.25) is 24.2 Å². The zero-order valence-corrected chi connectivity index (χ0v) is 36.5. The van der Waals surface area contributed by atoms with E-state index in [0.717, 1.165) is 74.0 Å². The van der Waals surface area contributed by atoms with Crippen LogP contribution in [-0.4, -0.2) is 78.4 Å². The van der Waals surface area contributed by atoms with Gasteiger partial charge in [-0.05, 0) is 96.5 Å². The third kappa shape index (κ3) is 10.7. The normalized spacial score (nSPS) is 15.5. The molecule has 0 unspecified atom stereocenters. The number of nitrogens with one attached hydrogen (secondary N) is 3. The van der Waals surface area contributed by atoms with Crippen LogP contribution in [-0.2, 0) is 38.4 Å². The van der Waals surface area contributed by atoms with Gasteiger partial charge in [0.15, 0.2) is 5.78 Å². The van der Waals surface area contributed by atoms with Crippen LogP contribution >= 0.6 is 0 Å². The molecule has 4 aromatic carbocycles. The zero-order valence-electron chi connectivity index (χ0n) is 36.5. The lowest BCUT2D eigenvalue weighted by Crippen LogP contribution is -2.43. The number of nitrogen functional groups attached to an aromatic ring is 2. The van der Waals surface area contributed by atoms with Crippen LogP contribution in [0.15, 0.2) is 146 Å². The predicted molar refractivity (Wildman–Crippen MR) is 266 cm³/mol. The number of likely N-dealkylation sites (tertiary alicyclic amines) is 2. The summed E-state index contributed by atoms with van der Waals surface area (Å²) in [6.07, 6.45) is 7.18. The molecule has 2 saturated heterocycles. The van der Waals surface area contributed by atoms with Gasteiger partial charge in [0.05, 0.1) is 48.7 Å². The highest BCUT2D eigenvalue weighted by Gasteiger charge is 2.35. The van der Waals surface area contributed by atoms with E-state index in [1.54, 1.807) is 22.2 Å². The molecule has 0 aliphatic carbocycles. The number of hydrogen-bond acceptors (Lipinski definition) is 8. The van der Waals surface area contributed by atoms with Gasteiger partial charge in [-0.25, -0.2) is 4.98 Å². The maximum Gasteiger partial charge on any atom is 0.247 e. The first kappa shape index (κ1) is 45.5. The fourth-order valence-electron chi connectivity index (χ4n) is 8.93. The van der Waals surface area contributed by atoms with Gasteiger partial charge in [0.1, 0.15) is 11.9 Å². The predicted octanol–water partition coefficient (Wildman–Crippen LogP) is 8.78. The van der Waals surface area contributed by atoms with E-state index in [1.807, 2.05) is 127 Å². The summed E-state index contributed by atoms with van der Waals surface area (Å²) < 4.78 is 0. The molecule has 67 heavy (non-hydrogen) atoms. The SMILES string of the molecule is C.Nc1ccc(-c2cc3cc(N)ncc3[nH]2)cc1.O=C(Cc1cc2cc(-c3ccc(NC(=O)[C@@H]4CCCN4C(=O)Cc4ccccc4)cc3)[nH]c2cn1)[C@@H]1CCCN1C(=O)Cc1ccccc1. The lowest BCUT2D eigenvalue weighted by atomic mass is 10.0. The number of carbonyl (C=O) groups is 4. The van der Waals surface area contributed by atoms with Crippen molar-refractivity contribution in [3.63, 3.8) is 0 Å². The molecule has 0 saturated carbocycles. The summed E-state index contributed by atoms with van der Waals surface area (Å²) in [6, 6.07) is 41.5. The van der Waals surface area contributed by atoms with Crippen molar-refractivity contribution in [2.24, 2.45) is 0 Å². The number of anilines is 3. The highest BCUT2D eigenvalue weighted by molar-refractivity contribution is 5.98. The Labute approximate surface area is 389 Å². The van der Waals surface area contributed by atoms with Crippen LogP contribution in [0.25, 0.3) is 44.3 Å². The first-order chi connectivity index (χ1) is 32.1. The number of rotatable bonds is 11. The maximum atomic E-state index is 13.4. The Bertz CT molecular complexity index is 3000. The van der Waals surface area contributed by atoms with E-state index in [2.05, 4.69) is 31.3 Å². The van der Waals surface area contributed by atoms with Crippen LogP contribution in [0.4, 0.5) is 17.2 Å². The number of benzene rings is 4. The van der Waals surface area contributed by atoms with Crippen molar-refractivity contribution in [2.75, 3.05) is 29.9 Å². The Balaban J connectivity index is 0.000000282. The minimum absolute atomic E-state index is 0. The quantitative estimate of drug-likeness (QED) is 0.0795. The Morgan fingerprint density at radius 2 is 1.10 bits per heavy atom. The van der Waals surface area contributed by atoms with Crippen molar-refractivity contribution >= 4 is 62.5 Å². The van der Waals surface area contributed by atoms with Crippen molar-refractivity contribution in [1.82, 2.24) is 29.7 Å². The second-order valence-corrected chi connectivity index (χ2v) is 17.0. The number of aromatic nitrogens is 4. The van der Waals surface area contributed by atoms with E-state index >= 15 is 0 Å². The molecule has 2 atom stereocenters. The van der Waals surface area contributed by atoms with E-state index in [0.29, 0.717) is 49.6 Å². The number of carbonyl (C=O) groups excluding carboxylic acids is 4. The van der Waals surface area contributed by atoms with Gasteiger partial charge in [-0.2, -0.15) is 0 Å². The third-order valence-electron chi connectivity index (χ3n) is 12.3. The molecule has 13 nitrogen and oxygen atoms in total. The minimum atomic E-state index is -0.482. The van der Waals surface area contributed by atoms with Gasteiger partial charge in [-0.15, -0.1) is 0 Å². The molecular formula is C54H55N9O4. The molecule has 0 spiro atoms. The number of H-pyrrole nitrogens is 2. The molecule has 2 fully saturated rings. The van der Waals surface area contributed by atoms with E-state index in [1.165, 1.54) is 0 Å². The standard InChI is InChI=1S/C40H39N5O4.C13H12N4.CH4/c46-37(35-13-7-19-44(35)38(47)21-27-9-3-1-4-10-27)25-32-23-30-24-33(43-34(30)26-41-32)29-15-17-31(18-16-29)42-40(49)36-14-8-20-45(36)39(48)22-28-11-5-2-6-12-28;14-10-3-1-8(2-4-10)11-5-9-6-13(15)16-7-12(9)17-11;/h1-6,9-12,15-18,23-24,26,35-36,43H,7-8,13-14,19-22,25H2,(H,42,49);1-7,17H,14H2,(H2,15,16);1H4/t35-,36-;;/m0../s1. The van der Waals surface area contributed by atoms with E-state index in [-0.39, 0.29) is 43.8 Å². The number of aromatic amines is 2. The molecule has 4 aromatic heterocycles. The van der Waals surface area contributed by atoms with Crippen LogP contribution < -0.4 is 16.8 Å². The first-order valence-corrected chi connectivity index (χ1v) is 22.3. The van der Waals surface area contributed by atoms with Gasteiger partial charge in [0, 0.05) is 52.3 Å². The Morgan fingerprint density at radius 1 is 0.597 bits per heavy atom. The lowest BCUT2D eigenvalue weighted by Gasteiger charge is -2.24. The average Bonchev–Trinajstić information content (AvgIpc) is 4.17. The minimum Gasteiger partial charge on any atom is -0.399 e. The van der Waals surface area contributed by atoms with Crippen molar-refractivity contribution in [3.05, 3.63) is 163 Å². The van der Waals surface area contributed by atoms with Gasteiger partial charge in [-0.1, -0.05) is 92.4 Å². The van der Waals surface area contributed by atoms with E-state index in [4.69, 9.17) is 11.5 Å². The number of Topliss-reactive ketones (excluding diaryl/α,β-unsaturated/α-hetero) is 1. The molecular weight excluding hydrogens is 839 g/mol. The van der Waals surface area contributed by atoms with Crippen LogP contribution in [0.3, 0.4) is 0 Å². The average molecular weight is 894 g/mol. The molecule has 10 rings (SSSR count). The summed E-state index contributed by atoms with van der Waals surface area (Å²) in [7, 11) is 0. The Hall–Kier alpha value is -8.06. The summed E-state index contributed by atoms with van der Waals surface area (Å²) in [5, 5.41) is 5.00. The first-order valence-electron chi connectivity index (χ1n) is 22.3. The monoisotopic (exact) mass is 893 g/mol. The molecule has 7 N–H and O–H groups in total. The second-order valence-electron chi connectivity index (χ2n) is 17.0. The maximum absolute atomic E-state index is 13.4. The number of nitrogens with two attached hydrogens (primary N) is 2. The summed E-state index contributed by atoms with van der Waals surface area (Å²) in [4.78, 5) is 71.4. The summed E-state index contributed by atoms with van der Waals surface area (Å²) in [5.41, 5.74) is 21.1. The molecule has 0 radical (unpaired) electrons. The largest absolute Gasteiger partial charge is 0.399 e. The Morgan fingerprint density at radius 3 is 1.69 bits per heavy atom. The van der Waals surface area contributed by atoms with Gasteiger partial charge < -0.3 is 36.6 Å². The fraction of sp³-hybridized carbons (Fsp3) is 0.222. The van der Waals surface area contributed by atoms with Crippen LogP contribution in [0, 0.1) is 0 Å². The fourth-order valence-corrected chi connectivity index (χ4v) is 8.93. The van der Waals surface area contributed by atoms with E-state index < -0.39 is 12.1 Å². The summed E-state index contributed by atoms with van der Waals surface area (Å²) in [6.45, 7) is 1.19. The highest BCUT2D eigenvalue weighted by Crippen LogP contribution is 2.29. The molecule has 13 heteroatoms. The molecule has 2 aliphatic heterocycles. The number of hydrogen-bond donors (Lipinski definition) is 5. The van der Waals surface area contributed by atoms with Crippen molar-refractivity contribution in [2.45, 2.75) is 64.5 Å². The topological polar surface area (TPSA) is 196 Å². The smallest absolute Gasteiger partial charge is 0.247 e. The molecule has 2 aliphatic rings. The highest BCUT2D eigenvalue weighted by atomic mass is 16.2. The van der Waals surface area contributed by atoms with Gasteiger partial charge in [0.2, 0.25) is 17.7 Å². The second kappa shape index (κ2) is 20.4. The van der Waals surface area contributed by atoms with Crippen LogP contribution in [0.5, 0.6) is 0 Å². The third-order valence-corrected chi connectivity index (χ3v) is 12.3. The molecule has 0 bridgehead atoms. The van der Waals surface area contributed by atoms with Crippen molar-refractivity contribution in [1.29, 1.82) is 0 Å². The molecule has 3 amide bonds. The van der Waals surface area contributed by atoms with Gasteiger partial charge in [0.25, 0.3) is 0 Å². The number of ketones is 1. The lowest BCUT2D eigenvalue weighted by molar-refractivity contribution is -0.136.